The second-order valence-electron chi connectivity index (χ2n) is 6.07. The fraction of sp³-hybridized carbons (Fsp3) is 0.150. The monoisotopic (exact) mass is 416 g/mol. The molecule has 1 aromatic heterocycles. The molecule has 0 radical (unpaired) electrons. The first-order chi connectivity index (χ1) is 13.4. The maximum Gasteiger partial charge on any atom is 0.337 e. The van der Waals surface area contributed by atoms with Gasteiger partial charge in [0, 0.05) is 18.8 Å². The summed E-state index contributed by atoms with van der Waals surface area (Å²) in [6, 6.07) is 17.5. The average molecular weight is 417 g/mol. The van der Waals surface area contributed by atoms with E-state index in [-0.39, 0.29) is 15.5 Å². The van der Waals surface area contributed by atoms with E-state index in [1.807, 2.05) is 42.2 Å². The van der Waals surface area contributed by atoms with Gasteiger partial charge in [0.25, 0.3) is 10.0 Å². The van der Waals surface area contributed by atoms with Crippen molar-refractivity contribution in [2.24, 2.45) is 0 Å². The van der Waals surface area contributed by atoms with Gasteiger partial charge in [-0.3, -0.25) is 4.72 Å². The van der Waals surface area contributed by atoms with Gasteiger partial charge in [-0.05, 0) is 42.1 Å². The Morgan fingerprint density at radius 3 is 2.46 bits per heavy atom. The number of aromatic carboxylic acids is 1. The summed E-state index contributed by atoms with van der Waals surface area (Å²) >= 11 is 1.10. The van der Waals surface area contributed by atoms with Gasteiger partial charge < -0.3 is 10.0 Å². The first kappa shape index (κ1) is 19.9. The Labute approximate surface area is 168 Å². The molecule has 0 bridgehead atoms. The minimum atomic E-state index is -3.74. The van der Waals surface area contributed by atoms with Gasteiger partial charge in [0.2, 0.25) is 0 Å². The van der Waals surface area contributed by atoms with Crippen LogP contribution in [0.2, 0.25) is 0 Å². The third-order valence-electron chi connectivity index (χ3n) is 4.18. The summed E-state index contributed by atoms with van der Waals surface area (Å²) < 4.78 is 27.4. The van der Waals surface area contributed by atoms with E-state index in [1.54, 1.807) is 23.6 Å². The van der Waals surface area contributed by atoms with Crippen molar-refractivity contribution in [3.05, 3.63) is 77.2 Å². The summed E-state index contributed by atoms with van der Waals surface area (Å²) in [5.41, 5.74) is 1.86. The number of hydrogen-bond acceptors (Lipinski definition) is 5. The van der Waals surface area contributed by atoms with Crippen molar-refractivity contribution in [2.45, 2.75) is 17.7 Å². The molecule has 0 unspecified atom stereocenters. The molecule has 3 aromatic rings. The standard InChI is InChI=1S/C20H20N2O4S2/c1-2-22(14-15-7-4-3-5-8-15)18-11-10-16(13-17(18)20(23)24)21-28(25,26)19-9-6-12-27-19/h3-13,21H,2,14H2,1H3,(H,23,24). The Kier molecular flexibility index (Phi) is 6.01. The highest BCUT2D eigenvalue weighted by Gasteiger charge is 2.20. The molecule has 0 saturated heterocycles. The molecule has 0 fully saturated rings. The van der Waals surface area contributed by atoms with E-state index in [1.165, 1.54) is 12.1 Å². The van der Waals surface area contributed by atoms with E-state index in [9.17, 15) is 18.3 Å². The van der Waals surface area contributed by atoms with Crippen LogP contribution in [0.5, 0.6) is 0 Å². The van der Waals surface area contributed by atoms with E-state index in [4.69, 9.17) is 0 Å². The molecule has 8 heteroatoms. The SMILES string of the molecule is CCN(Cc1ccccc1)c1ccc(NS(=O)(=O)c2cccs2)cc1C(=O)O. The summed E-state index contributed by atoms with van der Waals surface area (Å²) in [6.07, 6.45) is 0. The van der Waals surface area contributed by atoms with E-state index in [0.29, 0.717) is 18.8 Å². The number of nitrogens with zero attached hydrogens (tertiary/aromatic N) is 1. The number of carbonyl (C=O) groups is 1. The van der Waals surface area contributed by atoms with Gasteiger partial charge in [-0.1, -0.05) is 36.4 Å². The van der Waals surface area contributed by atoms with Crippen molar-refractivity contribution < 1.29 is 18.3 Å². The second kappa shape index (κ2) is 8.45. The zero-order valence-electron chi connectivity index (χ0n) is 15.2. The van der Waals surface area contributed by atoms with E-state index >= 15 is 0 Å². The lowest BCUT2D eigenvalue weighted by Crippen LogP contribution is -2.24. The lowest BCUT2D eigenvalue weighted by atomic mass is 10.1. The fourth-order valence-corrected chi connectivity index (χ4v) is 4.88. The lowest BCUT2D eigenvalue weighted by molar-refractivity contribution is 0.0697. The van der Waals surface area contributed by atoms with Crippen LogP contribution in [-0.2, 0) is 16.6 Å². The number of anilines is 2. The van der Waals surface area contributed by atoms with Crippen LogP contribution in [0, 0.1) is 0 Å². The predicted octanol–water partition coefficient (Wildman–Crippen LogP) is 4.27. The first-order valence-corrected chi connectivity index (χ1v) is 11.0. The quantitative estimate of drug-likeness (QED) is 0.573. The summed E-state index contributed by atoms with van der Waals surface area (Å²) in [4.78, 5) is 13.8. The van der Waals surface area contributed by atoms with Crippen LogP contribution in [0.4, 0.5) is 11.4 Å². The van der Waals surface area contributed by atoms with E-state index < -0.39 is 16.0 Å². The Balaban J connectivity index is 1.91. The molecule has 0 aliphatic carbocycles. The molecule has 0 spiro atoms. The van der Waals surface area contributed by atoms with Crippen molar-refractivity contribution >= 4 is 38.7 Å². The van der Waals surface area contributed by atoms with Crippen molar-refractivity contribution in [1.82, 2.24) is 0 Å². The number of carboxylic acids is 1. The fourth-order valence-electron chi connectivity index (χ4n) is 2.84. The summed E-state index contributed by atoms with van der Waals surface area (Å²) in [6.45, 7) is 3.11. The van der Waals surface area contributed by atoms with Gasteiger partial charge in [-0.2, -0.15) is 0 Å². The zero-order chi connectivity index (χ0) is 20.1. The largest absolute Gasteiger partial charge is 0.478 e. The second-order valence-corrected chi connectivity index (χ2v) is 8.93. The number of rotatable bonds is 8. The molecule has 0 atom stereocenters. The topological polar surface area (TPSA) is 86.7 Å². The van der Waals surface area contributed by atoms with Crippen LogP contribution in [0.1, 0.15) is 22.8 Å². The van der Waals surface area contributed by atoms with Gasteiger partial charge in [-0.15, -0.1) is 11.3 Å². The molecule has 6 nitrogen and oxygen atoms in total. The van der Waals surface area contributed by atoms with Crippen LogP contribution in [0.15, 0.2) is 70.3 Å². The molecule has 2 aromatic carbocycles. The van der Waals surface area contributed by atoms with Gasteiger partial charge in [0.15, 0.2) is 0 Å². The molecule has 28 heavy (non-hydrogen) atoms. The van der Waals surface area contributed by atoms with Crippen LogP contribution in [0.3, 0.4) is 0 Å². The maximum atomic E-state index is 12.4. The summed E-state index contributed by atoms with van der Waals surface area (Å²) in [5.74, 6) is -1.11. The Hall–Kier alpha value is -2.84. The average Bonchev–Trinajstić information content (AvgIpc) is 3.22. The molecule has 1 heterocycles. The molecule has 3 rings (SSSR count). The molecular weight excluding hydrogens is 396 g/mol. The lowest BCUT2D eigenvalue weighted by Gasteiger charge is -2.25. The van der Waals surface area contributed by atoms with Gasteiger partial charge in [0.1, 0.15) is 4.21 Å². The highest BCUT2D eigenvalue weighted by Crippen LogP contribution is 2.28. The van der Waals surface area contributed by atoms with Crippen molar-refractivity contribution in [2.75, 3.05) is 16.2 Å². The molecule has 0 amide bonds. The van der Waals surface area contributed by atoms with Crippen LogP contribution < -0.4 is 9.62 Å². The highest BCUT2D eigenvalue weighted by molar-refractivity contribution is 7.94. The van der Waals surface area contributed by atoms with Crippen molar-refractivity contribution in [3.63, 3.8) is 0 Å². The summed E-state index contributed by atoms with van der Waals surface area (Å²) in [7, 11) is -3.74. The number of nitrogens with one attached hydrogen (secondary N) is 1. The van der Waals surface area contributed by atoms with Crippen LogP contribution in [0.25, 0.3) is 0 Å². The number of carboxylic acid groups (broad SMARTS) is 1. The highest BCUT2D eigenvalue weighted by atomic mass is 32.2. The predicted molar refractivity (Wildman–Crippen MR) is 112 cm³/mol. The van der Waals surface area contributed by atoms with Crippen LogP contribution in [-0.4, -0.2) is 26.0 Å². The number of sulfonamides is 1. The smallest absolute Gasteiger partial charge is 0.337 e. The zero-order valence-corrected chi connectivity index (χ0v) is 16.8. The number of thiophene rings is 1. The van der Waals surface area contributed by atoms with Gasteiger partial charge in [0.05, 0.1) is 11.3 Å². The molecule has 0 aliphatic rings. The maximum absolute atomic E-state index is 12.4. The van der Waals surface area contributed by atoms with Crippen LogP contribution >= 0.6 is 11.3 Å². The third-order valence-corrected chi connectivity index (χ3v) is 6.96. The van der Waals surface area contributed by atoms with Crippen molar-refractivity contribution in [1.29, 1.82) is 0 Å². The summed E-state index contributed by atoms with van der Waals surface area (Å²) in [5, 5.41) is 11.4. The van der Waals surface area contributed by atoms with E-state index in [2.05, 4.69) is 4.72 Å². The number of benzene rings is 2. The minimum absolute atomic E-state index is 0.0455. The minimum Gasteiger partial charge on any atom is -0.478 e. The van der Waals surface area contributed by atoms with Gasteiger partial charge in [-0.25, -0.2) is 13.2 Å². The number of hydrogen-bond donors (Lipinski definition) is 2. The Bertz CT molecular complexity index is 1050. The van der Waals surface area contributed by atoms with Crippen molar-refractivity contribution in [3.8, 4) is 0 Å². The Morgan fingerprint density at radius 1 is 1.11 bits per heavy atom. The Morgan fingerprint density at radius 2 is 1.86 bits per heavy atom. The molecule has 0 aliphatic heterocycles. The molecule has 146 valence electrons. The first-order valence-electron chi connectivity index (χ1n) is 8.63. The van der Waals surface area contributed by atoms with Gasteiger partial charge >= 0.3 is 5.97 Å². The molecular formula is C20H20N2O4S2. The normalized spacial score (nSPS) is 11.2. The molecule has 0 saturated carbocycles. The van der Waals surface area contributed by atoms with E-state index in [0.717, 1.165) is 16.9 Å². The molecule has 2 N–H and O–H groups in total. The third kappa shape index (κ3) is 4.52.